The molecule has 0 aliphatic rings. The summed E-state index contributed by atoms with van der Waals surface area (Å²) in [6, 6.07) is 0. The van der Waals surface area contributed by atoms with E-state index < -0.39 is 12.7 Å². The Morgan fingerprint density at radius 1 is 1.29 bits per heavy atom. The standard InChI is InChI=1S/C9H14F3N3O2/c1-2-7-13-14-8(17-7)5-15(3-4-16)6-9(10,11)12/h16H,2-6H2,1H3. The van der Waals surface area contributed by atoms with Crippen LogP contribution in [-0.4, -0.2) is 46.1 Å². The molecule has 0 radical (unpaired) electrons. The van der Waals surface area contributed by atoms with E-state index in [1.165, 1.54) is 0 Å². The van der Waals surface area contributed by atoms with Crippen molar-refractivity contribution in [3.8, 4) is 0 Å². The van der Waals surface area contributed by atoms with Gasteiger partial charge >= 0.3 is 6.18 Å². The van der Waals surface area contributed by atoms with E-state index >= 15 is 0 Å². The number of aliphatic hydroxyl groups is 1. The summed E-state index contributed by atoms with van der Waals surface area (Å²) in [5.74, 6) is 0.510. The van der Waals surface area contributed by atoms with Crippen molar-refractivity contribution in [3.05, 3.63) is 11.8 Å². The Morgan fingerprint density at radius 2 is 1.94 bits per heavy atom. The molecule has 0 aromatic carbocycles. The molecule has 0 amide bonds. The summed E-state index contributed by atoms with van der Waals surface area (Å²) in [6.07, 6.45) is -3.78. The van der Waals surface area contributed by atoms with Crippen molar-refractivity contribution in [2.45, 2.75) is 26.1 Å². The number of hydrogen-bond acceptors (Lipinski definition) is 5. The molecule has 1 aromatic heterocycles. The van der Waals surface area contributed by atoms with E-state index in [1.807, 2.05) is 0 Å². The molecule has 1 rings (SSSR count). The van der Waals surface area contributed by atoms with Crippen molar-refractivity contribution >= 4 is 0 Å². The summed E-state index contributed by atoms with van der Waals surface area (Å²) in [7, 11) is 0. The zero-order valence-corrected chi connectivity index (χ0v) is 9.37. The lowest BCUT2D eigenvalue weighted by Gasteiger charge is -2.20. The van der Waals surface area contributed by atoms with E-state index in [2.05, 4.69) is 10.2 Å². The molecule has 0 unspecified atom stereocenters. The molecule has 1 aromatic rings. The molecule has 1 heterocycles. The quantitative estimate of drug-likeness (QED) is 0.819. The van der Waals surface area contributed by atoms with Crippen LogP contribution >= 0.6 is 0 Å². The minimum absolute atomic E-state index is 0.0939. The number of aromatic nitrogens is 2. The molecule has 17 heavy (non-hydrogen) atoms. The van der Waals surface area contributed by atoms with Gasteiger partial charge in [-0.1, -0.05) is 6.92 Å². The Morgan fingerprint density at radius 3 is 2.41 bits per heavy atom. The first-order chi connectivity index (χ1) is 7.94. The zero-order valence-electron chi connectivity index (χ0n) is 9.37. The lowest BCUT2D eigenvalue weighted by molar-refractivity contribution is -0.148. The Labute approximate surface area is 96.2 Å². The molecule has 5 nitrogen and oxygen atoms in total. The van der Waals surface area contributed by atoms with Gasteiger partial charge in [-0.2, -0.15) is 13.2 Å². The van der Waals surface area contributed by atoms with Crippen LogP contribution in [0.1, 0.15) is 18.7 Å². The van der Waals surface area contributed by atoms with Crippen molar-refractivity contribution in [1.82, 2.24) is 15.1 Å². The number of halogens is 3. The first kappa shape index (κ1) is 13.9. The predicted octanol–water partition coefficient (Wildman–Crippen LogP) is 0.989. The van der Waals surface area contributed by atoms with Crippen molar-refractivity contribution in [1.29, 1.82) is 0 Å². The van der Waals surface area contributed by atoms with Crippen molar-refractivity contribution in [2.75, 3.05) is 19.7 Å². The van der Waals surface area contributed by atoms with Gasteiger partial charge in [0.25, 0.3) is 0 Å². The van der Waals surface area contributed by atoms with E-state index in [1.54, 1.807) is 6.92 Å². The highest BCUT2D eigenvalue weighted by molar-refractivity contribution is 4.82. The Bertz CT molecular complexity index is 340. The van der Waals surface area contributed by atoms with E-state index in [9.17, 15) is 13.2 Å². The van der Waals surface area contributed by atoms with E-state index in [-0.39, 0.29) is 25.6 Å². The van der Waals surface area contributed by atoms with Crippen LogP contribution in [-0.2, 0) is 13.0 Å². The molecule has 8 heteroatoms. The van der Waals surface area contributed by atoms with Gasteiger partial charge in [-0.05, 0) is 0 Å². The third kappa shape index (κ3) is 5.14. The molecular weight excluding hydrogens is 239 g/mol. The normalized spacial score (nSPS) is 12.4. The summed E-state index contributed by atoms with van der Waals surface area (Å²) in [4.78, 5) is 1.01. The predicted molar refractivity (Wildman–Crippen MR) is 52.1 cm³/mol. The number of hydrogen-bond donors (Lipinski definition) is 1. The van der Waals surface area contributed by atoms with E-state index in [4.69, 9.17) is 9.52 Å². The van der Waals surface area contributed by atoms with Gasteiger partial charge in [-0.15, -0.1) is 10.2 Å². The van der Waals surface area contributed by atoms with Crippen molar-refractivity contribution in [3.63, 3.8) is 0 Å². The van der Waals surface area contributed by atoms with Gasteiger partial charge < -0.3 is 9.52 Å². The van der Waals surface area contributed by atoms with Crippen LogP contribution in [0.15, 0.2) is 4.42 Å². The van der Waals surface area contributed by atoms with Crippen molar-refractivity contribution < 1.29 is 22.7 Å². The van der Waals surface area contributed by atoms with Gasteiger partial charge in [0.05, 0.1) is 19.7 Å². The van der Waals surface area contributed by atoms with Gasteiger partial charge in [0.15, 0.2) is 0 Å². The molecule has 1 N–H and O–H groups in total. The molecule has 0 saturated heterocycles. The molecule has 0 aliphatic carbocycles. The average Bonchev–Trinajstić information content (AvgIpc) is 2.63. The smallest absolute Gasteiger partial charge is 0.401 e. The molecule has 0 aliphatic heterocycles. The SMILES string of the molecule is CCc1nnc(CN(CCO)CC(F)(F)F)o1. The topological polar surface area (TPSA) is 62.4 Å². The van der Waals surface area contributed by atoms with Crippen LogP contribution in [0.25, 0.3) is 0 Å². The van der Waals surface area contributed by atoms with Crippen LogP contribution < -0.4 is 0 Å². The van der Waals surface area contributed by atoms with Crippen LogP contribution in [0.3, 0.4) is 0 Å². The third-order valence-corrected chi connectivity index (χ3v) is 1.99. The van der Waals surface area contributed by atoms with Crippen LogP contribution in [0.4, 0.5) is 13.2 Å². The van der Waals surface area contributed by atoms with E-state index in [0.29, 0.717) is 12.3 Å². The third-order valence-electron chi connectivity index (χ3n) is 1.99. The summed E-state index contributed by atoms with van der Waals surface area (Å²) >= 11 is 0. The molecule has 0 bridgehead atoms. The summed E-state index contributed by atoms with van der Waals surface area (Å²) in [5, 5.41) is 16.0. The largest absolute Gasteiger partial charge is 0.424 e. The first-order valence-electron chi connectivity index (χ1n) is 5.16. The molecule has 0 atom stereocenters. The average molecular weight is 253 g/mol. The fourth-order valence-electron chi connectivity index (χ4n) is 1.30. The van der Waals surface area contributed by atoms with Crippen LogP contribution in [0.2, 0.25) is 0 Å². The maximum Gasteiger partial charge on any atom is 0.401 e. The summed E-state index contributed by atoms with van der Waals surface area (Å²) in [5.41, 5.74) is 0. The fraction of sp³-hybridized carbons (Fsp3) is 0.778. The highest BCUT2D eigenvalue weighted by atomic mass is 19.4. The fourth-order valence-corrected chi connectivity index (χ4v) is 1.30. The Balaban J connectivity index is 2.59. The zero-order chi connectivity index (χ0) is 12.9. The van der Waals surface area contributed by atoms with Gasteiger partial charge in [0, 0.05) is 13.0 Å². The van der Waals surface area contributed by atoms with Crippen LogP contribution in [0.5, 0.6) is 0 Å². The molecule has 0 fully saturated rings. The molecule has 0 spiro atoms. The number of rotatable bonds is 6. The van der Waals surface area contributed by atoms with Gasteiger partial charge in [-0.25, -0.2) is 0 Å². The number of alkyl halides is 3. The minimum atomic E-state index is -4.32. The highest BCUT2D eigenvalue weighted by Gasteiger charge is 2.31. The maximum atomic E-state index is 12.2. The number of nitrogens with zero attached hydrogens (tertiary/aromatic N) is 3. The monoisotopic (exact) mass is 253 g/mol. The lowest BCUT2D eigenvalue weighted by atomic mass is 10.4. The van der Waals surface area contributed by atoms with Gasteiger partial charge in [0.1, 0.15) is 0 Å². The highest BCUT2D eigenvalue weighted by Crippen LogP contribution is 2.17. The molecule has 98 valence electrons. The van der Waals surface area contributed by atoms with Crippen LogP contribution in [0, 0.1) is 0 Å². The summed E-state index contributed by atoms with van der Waals surface area (Å²) in [6.45, 7) is 0.122. The second-order valence-electron chi connectivity index (χ2n) is 3.49. The minimum Gasteiger partial charge on any atom is -0.424 e. The lowest BCUT2D eigenvalue weighted by Crippen LogP contribution is -2.35. The number of aliphatic hydroxyl groups excluding tert-OH is 1. The Hall–Kier alpha value is -1.15. The van der Waals surface area contributed by atoms with E-state index in [0.717, 1.165) is 4.90 Å². The van der Waals surface area contributed by atoms with Crippen molar-refractivity contribution in [2.24, 2.45) is 0 Å². The van der Waals surface area contributed by atoms with Gasteiger partial charge in [-0.3, -0.25) is 4.90 Å². The second-order valence-corrected chi connectivity index (χ2v) is 3.49. The van der Waals surface area contributed by atoms with Gasteiger partial charge in [0.2, 0.25) is 11.8 Å². The maximum absolute atomic E-state index is 12.2. The second kappa shape index (κ2) is 5.97. The molecule has 0 saturated carbocycles. The number of aryl methyl sites for hydroxylation is 1. The Kier molecular flexibility index (Phi) is 4.88. The summed E-state index contributed by atoms with van der Waals surface area (Å²) < 4.78 is 41.8. The first-order valence-corrected chi connectivity index (χ1v) is 5.16. The molecular formula is C9H14F3N3O2.